The molecule has 0 amide bonds. The van der Waals surface area contributed by atoms with E-state index in [0.717, 1.165) is 19.1 Å². The summed E-state index contributed by atoms with van der Waals surface area (Å²) >= 11 is 0. The Morgan fingerprint density at radius 3 is 2.88 bits per heavy atom. The van der Waals surface area contributed by atoms with Gasteiger partial charge in [-0.3, -0.25) is 0 Å². The van der Waals surface area contributed by atoms with Crippen molar-refractivity contribution in [2.75, 3.05) is 13.2 Å². The lowest BCUT2D eigenvalue weighted by molar-refractivity contribution is -0.00921. The van der Waals surface area contributed by atoms with E-state index in [1.54, 1.807) is 0 Å². The van der Waals surface area contributed by atoms with Crippen molar-refractivity contribution < 1.29 is 4.74 Å². The summed E-state index contributed by atoms with van der Waals surface area (Å²) < 4.78 is 5.94. The first-order valence-electron chi connectivity index (χ1n) is 6.98. The Morgan fingerprint density at radius 1 is 1.31 bits per heavy atom. The van der Waals surface area contributed by atoms with Gasteiger partial charge < -0.3 is 10.1 Å². The van der Waals surface area contributed by atoms with E-state index in [9.17, 15) is 0 Å². The maximum atomic E-state index is 5.94. The zero-order valence-corrected chi connectivity index (χ0v) is 11.1. The molecule has 16 heavy (non-hydrogen) atoms. The molecule has 0 spiro atoms. The number of nitrogens with one attached hydrogen (secondary N) is 1. The van der Waals surface area contributed by atoms with Crippen LogP contribution in [0.3, 0.4) is 0 Å². The van der Waals surface area contributed by atoms with Gasteiger partial charge in [0.25, 0.3) is 0 Å². The quantitative estimate of drug-likeness (QED) is 0.780. The summed E-state index contributed by atoms with van der Waals surface area (Å²) in [5, 5.41) is 3.68. The molecule has 1 saturated heterocycles. The van der Waals surface area contributed by atoms with Crippen molar-refractivity contribution >= 4 is 0 Å². The third-order valence-corrected chi connectivity index (χ3v) is 4.86. The van der Waals surface area contributed by atoms with Gasteiger partial charge in [-0.2, -0.15) is 0 Å². The molecule has 0 aromatic carbocycles. The highest BCUT2D eigenvalue weighted by Gasteiger charge is 2.37. The Hall–Kier alpha value is -0.0800. The molecule has 1 aliphatic carbocycles. The Morgan fingerprint density at radius 2 is 2.12 bits per heavy atom. The smallest absolute Gasteiger partial charge is 0.0728 e. The molecule has 0 aromatic rings. The zero-order valence-electron chi connectivity index (χ0n) is 11.1. The van der Waals surface area contributed by atoms with Crippen LogP contribution in [0, 0.1) is 11.3 Å². The molecule has 0 bridgehead atoms. The van der Waals surface area contributed by atoms with Crippen LogP contribution in [0.2, 0.25) is 0 Å². The first-order valence-corrected chi connectivity index (χ1v) is 6.98. The minimum atomic E-state index is 0.492. The van der Waals surface area contributed by atoms with Crippen molar-refractivity contribution in [1.29, 1.82) is 0 Å². The van der Waals surface area contributed by atoms with Gasteiger partial charge in [-0.15, -0.1) is 0 Å². The second-order valence-electron chi connectivity index (χ2n) is 6.18. The standard InChI is InChI=1S/C14H27NO/c1-4-14(2,3)11-6-7-13-12(10-11)15-8-5-9-16-13/h11-13,15H,4-10H2,1-3H3. The molecule has 1 aliphatic heterocycles. The highest BCUT2D eigenvalue weighted by atomic mass is 16.5. The topological polar surface area (TPSA) is 21.3 Å². The predicted molar refractivity (Wildman–Crippen MR) is 67.6 cm³/mol. The summed E-state index contributed by atoms with van der Waals surface area (Å²) in [6.45, 7) is 9.27. The van der Waals surface area contributed by atoms with Crippen molar-refractivity contribution in [2.45, 2.75) is 65.0 Å². The van der Waals surface area contributed by atoms with Crippen molar-refractivity contribution in [3.05, 3.63) is 0 Å². The minimum absolute atomic E-state index is 0.492. The number of hydrogen-bond acceptors (Lipinski definition) is 2. The van der Waals surface area contributed by atoms with Crippen LogP contribution in [0.15, 0.2) is 0 Å². The largest absolute Gasteiger partial charge is 0.377 e. The van der Waals surface area contributed by atoms with Gasteiger partial charge in [-0.1, -0.05) is 27.2 Å². The molecule has 0 radical (unpaired) electrons. The Balaban J connectivity index is 1.97. The Labute approximate surface area is 100 Å². The van der Waals surface area contributed by atoms with Crippen molar-refractivity contribution in [3.63, 3.8) is 0 Å². The van der Waals surface area contributed by atoms with Crippen LogP contribution in [-0.4, -0.2) is 25.3 Å². The van der Waals surface area contributed by atoms with E-state index < -0.39 is 0 Å². The van der Waals surface area contributed by atoms with Gasteiger partial charge in [0.05, 0.1) is 6.10 Å². The fraction of sp³-hybridized carbons (Fsp3) is 1.00. The fourth-order valence-electron chi connectivity index (χ4n) is 3.15. The number of hydrogen-bond donors (Lipinski definition) is 1. The molecular formula is C14H27NO. The van der Waals surface area contributed by atoms with E-state index in [1.807, 2.05) is 0 Å². The average molecular weight is 225 g/mol. The third-order valence-electron chi connectivity index (χ3n) is 4.86. The lowest BCUT2D eigenvalue weighted by Gasteiger charge is -2.42. The van der Waals surface area contributed by atoms with E-state index in [-0.39, 0.29) is 0 Å². The van der Waals surface area contributed by atoms with Gasteiger partial charge in [0.15, 0.2) is 0 Å². The molecule has 1 saturated carbocycles. The van der Waals surface area contributed by atoms with Crippen molar-refractivity contribution in [2.24, 2.45) is 11.3 Å². The van der Waals surface area contributed by atoms with Crippen molar-refractivity contribution in [3.8, 4) is 0 Å². The third kappa shape index (κ3) is 2.60. The lowest BCUT2D eigenvalue weighted by atomic mass is 9.68. The summed E-state index contributed by atoms with van der Waals surface area (Å²) in [7, 11) is 0. The van der Waals surface area contributed by atoms with Crippen LogP contribution >= 0.6 is 0 Å². The summed E-state index contributed by atoms with van der Waals surface area (Å²) in [4.78, 5) is 0. The van der Waals surface area contributed by atoms with E-state index in [1.165, 1.54) is 32.1 Å². The predicted octanol–water partition coefficient (Wildman–Crippen LogP) is 2.97. The Bertz CT molecular complexity index is 227. The minimum Gasteiger partial charge on any atom is -0.377 e. The van der Waals surface area contributed by atoms with Gasteiger partial charge >= 0.3 is 0 Å². The fourth-order valence-corrected chi connectivity index (χ4v) is 3.15. The molecule has 2 rings (SSSR count). The van der Waals surface area contributed by atoms with Crippen LogP contribution < -0.4 is 5.32 Å². The molecule has 2 heteroatoms. The molecule has 2 aliphatic rings. The first kappa shape index (κ1) is 12.4. The summed E-state index contributed by atoms with van der Waals surface area (Å²) in [5.74, 6) is 0.868. The van der Waals surface area contributed by atoms with Gasteiger partial charge in [-0.05, 0) is 43.6 Å². The highest BCUT2D eigenvalue weighted by molar-refractivity contribution is 4.91. The number of ether oxygens (including phenoxy) is 1. The molecule has 3 unspecified atom stereocenters. The van der Waals surface area contributed by atoms with E-state index >= 15 is 0 Å². The average Bonchev–Trinajstić information content (AvgIpc) is 2.53. The second kappa shape index (κ2) is 5.05. The van der Waals surface area contributed by atoms with Crippen LogP contribution in [0.4, 0.5) is 0 Å². The van der Waals surface area contributed by atoms with Crippen LogP contribution in [0.5, 0.6) is 0 Å². The van der Waals surface area contributed by atoms with Crippen molar-refractivity contribution in [1.82, 2.24) is 5.32 Å². The monoisotopic (exact) mass is 225 g/mol. The van der Waals surface area contributed by atoms with Crippen LogP contribution in [-0.2, 0) is 4.74 Å². The van der Waals surface area contributed by atoms with Crippen LogP contribution in [0.25, 0.3) is 0 Å². The van der Waals surface area contributed by atoms with Crippen LogP contribution in [0.1, 0.15) is 52.9 Å². The SMILES string of the molecule is CCC(C)(C)C1CCC2OCCCNC2C1. The molecule has 94 valence electrons. The maximum Gasteiger partial charge on any atom is 0.0728 e. The zero-order chi connectivity index (χ0) is 11.6. The van der Waals surface area contributed by atoms with Gasteiger partial charge in [-0.25, -0.2) is 0 Å². The molecular weight excluding hydrogens is 198 g/mol. The molecule has 2 nitrogen and oxygen atoms in total. The summed E-state index contributed by atoms with van der Waals surface area (Å²) in [6.07, 6.45) is 6.87. The number of rotatable bonds is 2. The molecule has 3 atom stereocenters. The lowest BCUT2D eigenvalue weighted by Crippen LogP contribution is -2.46. The van der Waals surface area contributed by atoms with E-state index in [4.69, 9.17) is 4.74 Å². The van der Waals surface area contributed by atoms with Gasteiger partial charge in [0.1, 0.15) is 0 Å². The molecule has 2 fully saturated rings. The molecule has 1 heterocycles. The normalized spacial score (nSPS) is 36.6. The van der Waals surface area contributed by atoms with Gasteiger partial charge in [0, 0.05) is 12.6 Å². The first-order chi connectivity index (χ1) is 7.63. The summed E-state index contributed by atoms with van der Waals surface area (Å²) in [5.41, 5.74) is 0.499. The molecule has 0 aromatic heterocycles. The molecule has 1 N–H and O–H groups in total. The van der Waals surface area contributed by atoms with E-state index in [2.05, 4.69) is 26.1 Å². The summed E-state index contributed by atoms with van der Waals surface area (Å²) in [6, 6.07) is 0.618. The Kier molecular flexibility index (Phi) is 3.91. The maximum absolute atomic E-state index is 5.94. The van der Waals surface area contributed by atoms with E-state index in [0.29, 0.717) is 17.6 Å². The highest BCUT2D eigenvalue weighted by Crippen LogP contribution is 2.41. The number of fused-ring (bicyclic) bond motifs is 1. The second-order valence-corrected chi connectivity index (χ2v) is 6.18. The van der Waals surface area contributed by atoms with Gasteiger partial charge in [0.2, 0.25) is 0 Å².